The summed E-state index contributed by atoms with van der Waals surface area (Å²) in [5.74, 6) is 0.505. The molecule has 0 heterocycles. The lowest BCUT2D eigenvalue weighted by atomic mass is 9.49. The molecule has 4 nitrogen and oxygen atoms in total. The number of nitriles is 1. The normalized spacial score (nSPS) is 21.9. The van der Waals surface area contributed by atoms with Crippen molar-refractivity contribution in [3.05, 3.63) is 64.7 Å². The highest BCUT2D eigenvalue weighted by Crippen LogP contribution is 2.57. The van der Waals surface area contributed by atoms with Crippen molar-refractivity contribution in [3.8, 4) is 11.8 Å². The summed E-state index contributed by atoms with van der Waals surface area (Å²) in [7, 11) is 0. The van der Waals surface area contributed by atoms with E-state index in [9.17, 15) is 4.79 Å². The first-order chi connectivity index (χ1) is 13.1. The third-order valence-electron chi connectivity index (χ3n) is 5.67. The maximum atomic E-state index is 12.9. The van der Waals surface area contributed by atoms with Gasteiger partial charge in [-0.25, -0.2) is 4.79 Å². The molecule has 1 fully saturated rings. The number of amides is 1. The van der Waals surface area contributed by atoms with Crippen molar-refractivity contribution in [3.63, 3.8) is 0 Å². The van der Waals surface area contributed by atoms with Gasteiger partial charge in [0.2, 0.25) is 0 Å². The summed E-state index contributed by atoms with van der Waals surface area (Å²) in [6.45, 7) is 12.4. The zero-order chi connectivity index (χ0) is 20.7. The highest BCUT2D eigenvalue weighted by atomic mass is 35.5. The van der Waals surface area contributed by atoms with Crippen molar-refractivity contribution in [1.29, 1.82) is 5.26 Å². The molecule has 0 aliphatic heterocycles. The Morgan fingerprint density at radius 2 is 1.75 bits per heavy atom. The summed E-state index contributed by atoms with van der Waals surface area (Å²) >= 11 is 6.14. The molecule has 0 aromatic heterocycles. The van der Waals surface area contributed by atoms with E-state index in [2.05, 4.69) is 34.4 Å². The van der Waals surface area contributed by atoms with Crippen LogP contribution in [0.5, 0.6) is 5.75 Å². The molecule has 2 aromatic carbocycles. The fourth-order valence-corrected chi connectivity index (χ4v) is 5.09. The highest BCUT2D eigenvalue weighted by Gasteiger charge is 2.70. The van der Waals surface area contributed by atoms with Crippen LogP contribution in [0.4, 0.5) is 0 Å². The Kier molecular flexibility index (Phi) is 5.08. The summed E-state index contributed by atoms with van der Waals surface area (Å²) in [5.41, 5.74) is 0.385. The van der Waals surface area contributed by atoms with Crippen LogP contribution in [0, 0.1) is 22.2 Å². The smallest absolute Gasteiger partial charge is 0.419 e. The average molecular weight is 396 g/mol. The van der Waals surface area contributed by atoms with Gasteiger partial charge in [-0.3, -0.25) is 0 Å². The van der Waals surface area contributed by atoms with Gasteiger partial charge in [0.05, 0.1) is 27.0 Å². The fourth-order valence-electron chi connectivity index (χ4n) is 4.87. The van der Waals surface area contributed by atoms with Gasteiger partial charge in [-0.1, -0.05) is 29.8 Å². The molecule has 144 valence electrons. The van der Waals surface area contributed by atoms with Crippen LogP contribution in [0.2, 0.25) is 5.02 Å². The van der Waals surface area contributed by atoms with E-state index in [4.69, 9.17) is 21.6 Å². The molecule has 0 bridgehead atoms. The van der Waals surface area contributed by atoms with E-state index in [1.165, 1.54) is 0 Å². The van der Waals surface area contributed by atoms with Crippen LogP contribution in [0.3, 0.4) is 0 Å². The Hall–Kier alpha value is -2.64. The van der Waals surface area contributed by atoms with E-state index >= 15 is 0 Å². The minimum Gasteiger partial charge on any atom is -0.489 e. The molecule has 0 N–H and O–H groups in total. The lowest BCUT2D eigenvalue weighted by Crippen LogP contribution is -2.73. The summed E-state index contributed by atoms with van der Waals surface area (Å²) in [4.78, 5) is 12.9. The van der Waals surface area contributed by atoms with Gasteiger partial charge in [0, 0.05) is 6.07 Å². The van der Waals surface area contributed by atoms with Crippen LogP contribution in [-0.2, 0) is 0 Å². The molecular weight excluding hydrogens is 372 g/mol. The molecule has 2 aromatic rings. The van der Waals surface area contributed by atoms with Gasteiger partial charge in [-0.2, -0.15) is 9.84 Å². The van der Waals surface area contributed by atoms with Crippen LogP contribution >= 0.6 is 11.6 Å². The highest BCUT2D eigenvalue weighted by molar-refractivity contribution is 6.31. The van der Waals surface area contributed by atoms with Crippen LogP contribution in [0.1, 0.15) is 43.6 Å². The Morgan fingerprint density at radius 3 is 2.29 bits per heavy atom. The molecule has 0 radical (unpaired) electrons. The molecule has 5 heteroatoms. The Balaban J connectivity index is 1.84. The molecule has 0 unspecified atom stereocenters. The monoisotopic (exact) mass is 395 g/mol. The summed E-state index contributed by atoms with van der Waals surface area (Å²) in [6, 6.07) is 16.2. The number of benzene rings is 2. The number of carbonyl (C=O) groups excluding carboxylic acids is 1. The largest absolute Gasteiger partial charge is 0.489 e. The number of nitrogens with zero attached hydrogens (tertiary/aromatic N) is 2. The summed E-state index contributed by atoms with van der Waals surface area (Å²) < 4.78 is 7.85. The van der Waals surface area contributed by atoms with Gasteiger partial charge >= 0.3 is 5.91 Å². The summed E-state index contributed by atoms with van der Waals surface area (Å²) in [5, 5.41) is 9.40. The number of rotatable bonds is 4. The summed E-state index contributed by atoms with van der Waals surface area (Å²) in [6.07, 6.45) is -0.151. The third kappa shape index (κ3) is 3.21. The quantitative estimate of drug-likeness (QED) is 0.543. The molecule has 0 spiro atoms. The van der Waals surface area contributed by atoms with E-state index in [-0.39, 0.29) is 28.9 Å². The van der Waals surface area contributed by atoms with E-state index < -0.39 is 0 Å². The molecule has 0 atom stereocenters. The zero-order valence-corrected chi connectivity index (χ0v) is 17.3. The first kappa shape index (κ1) is 20.1. The minimum atomic E-state index is -0.323. The average Bonchev–Trinajstić information content (AvgIpc) is 2.65. The number of hydrogen-bond donors (Lipinski definition) is 0. The topological polar surface area (TPSA) is 53.1 Å². The standard InChI is InChI=1S/C23H24ClN2O2/c1-22(2)20(26(5)19(27)15-9-7-6-8-10-15)23(3,4)21(22)28-17-12-11-16(14-25)18(24)13-17/h6-13,20-21H,5H2,1-4H3/q+1/t20-,21-. The molecule has 1 aliphatic rings. The van der Waals surface area contributed by atoms with E-state index in [1.54, 1.807) is 34.9 Å². The van der Waals surface area contributed by atoms with Crippen molar-refractivity contribution in [2.45, 2.75) is 39.8 Å². The number of hydrogen-bond acceptors (Lipinski definition) is 3. The maximum Gasteiger partial charge on any atom is 0.419 e. The maximum absolute atomic E-state index is 12.9. The van der Waals surface area contributed by atoms with E-state index in [0.29, 0.717) is 21.9 Å². The molecule has 1 aliphatic carbocycles. The lowest BCUT2D eigenvalue weighted by molar-refractivity contribution is -0.546. The van der Waals surface area contributed by atoms with E-state index in [1.807, 2.05) is 24.3 Å². The molecular formula is C23H24ClN2O2+. The van der Waals surface area contributed by atoms with Crippen molar-refractivity contribution < 1.29 is 14.1 Å². The van der Waals surface area contributed by atoms with Crippen LogP contribution in [0.25, 0.3) is 0 Å². The van der Waals surface area contributed by atoms with Gasteiger partial charge in [0.25, 0.3) is 0 Å². The Labute approximate surface area is 171 Å². The number of ether oxygens (including phenoxy) is 1. The minimum absolute atomic E-state index is 0.105. The van der Waals surface area contributed by atoms with Gasteiger partial charge in [0.1, 0.15) is 24.6 Å². The van der Waals surface area contributed by atoms with Gasteiger partial charge in [-0.15, -0.1) is 0 Å². The third-order valence-corrected chi connectivity index (χ3v) is 5.98. The predicted octanol–water partition coefficient (Wildman–Crippen LogP) is 4.95. The molecule has 1 saturated carbocycles. The Morgan fingerprint density at radius 1 is 1.14 bits per heavy atom. The van der Waals surface area contributed by atoms with Gasteiger partial charge in [-0.05, 0) is 52.0 Å². The first-order valence-corrected chi connectivity index (χ1v) is 9.54. The van der Waals surface area contributed by atoms with Crippen LogP contribution in [-0.4, -0.2) is 29.3 Å². The molecule has 28 heavy (non-hydrogen) atoms. The molecule has 1 amide bonds. The second kappa shape index (κ2) is 7.07. The van der Waals surface area contributed by atoms with Crippen LogP contribution < -0.4 is 4.74 Å². The van der Waals surface area contributed by atoms with Crippen molar-refractivity contribution in [1.82, 2.24) is 0 Å². The van der Waals surface area contributed by atoms with Crippen molar-refractivity contribution >= 4 is 24.2 Å². The predicted molar refractivity (Wildman–Crippen MR) is 110 cm³/mol. The molecule has 0 saturated heterocycles. The SMILES string of the molecule is C=[N+](C(=O)c1ccccc1)[C@H]1C(C)(C)[C@H](Oc2ccc(C#N)c(Cl)c2)C1(C)C. The van der Waals surface area contributed by atoms with Crippen molar-refractivity contribution in [2.75, 3.05) is 0 Å². The number of halogens is 1. The fraction of sp³-hybridized carbons (Fsp3) is 0.348. The van der Waals surface area contributed by atoms with Crippen LogP contribution in [0.15, 0.2) is 48.5 Å². The van der Waals surface area contributed by atoms with E-state index in [0.717, 1.165) is 0 Å². The van der Waals surface area contributed by atoms with Gasteiger partial charge < -0.3 is 4.74 Å². The first-order valence-electron chi connectivity index (χ1n) is 9.16. The molecule has 3 rings (SSSR count). The zero-order valence-electron chi connectivity index (χ0n) is 16.6. The lowest BCUT2D eigenvalue weighted by Gasteiger charge is -2.58. The second-order valence-electron chi connectivity index (χ2n) is 8.44. The van der Waals surface area contributed by atoms with Gasteiger partial charge in [0.15, 0.2) is 6.04 Å². The number of carbonyl (C=O) groups is 1. The van der Waals surface area contributed by atoms with Crippen molar-refractivity contribution in [2.24, 2.45) is 10.8 Å². The Bertz CT molecular complexity index is 958. The second-order valence-corrected chi connectivity index (χ2v) is 8.84.